The Morgan fingerprint density at radius 1 is 0.976 bits per heavy atom. The van der Waals surface area contributed by atoms with Crippen molar-refractivity contribution in [1.29, 1.82) is 0 Å². The van der Waals surface area contributed by atoms with Gasteiger partial charge in [0.05, 0.1) is 32.9 Å². The summed E-state index contributed by atoms with van der Waals surface area (Å²) in [6, 6.07) is 12.4. The summed E-state index contributed by atoms with van der Waals surface area (Å²) in [4.78, 5) is 45.0. The maximum Gasteiger partial charge on any atom is 0.513 e. The highest BCUT2D eigenvalue weighted by atomic mass is 19.1. The Morgan fingerprint density at radius 2 is 1.71 bits per heavy atom. The number of aromatic hydroxyl groups is 1. The minimum atomic E-state index is -1.10. The molecule has 41 heavy (non-hydrogen) atoms. The first-order chi connectivity index (χ1) is 19.7. The molecule has 0 aliphatic carbocycles. The maximum absolute atomic E-state index is 13.7. The van der Waals surface area contributed by atoms with E-state index in [0.29, 0.717) is 29.0 Å². The average molecular weight is 561 g/mol. The zero-order valence-corrected chi connectivity index (χ0v) is 22.4. The summed E-state index contributed by atoms with van der Waals surface area (Å²) < 4.78 is 34.3. The number of ether oxygens (including phenoxy) is 4. The van der Waals surface area contributed by atoms with E-state index in [1.807, 2.05) is 0 Å². The number of nitrogens with zero attached hydrogens (tertiary/aromatic N) is 2. The fourth-order valence-electron chi connectivity index (χ4n) is 4.69. The van der Waals surface area contributed by atoms with Gasteiger partial charge in [-0.25, -0.2) is 9.18 Å². The number of aromatic nitrogens is 1. The summed E-state index contributed by atoms with van der Waals surface area (Å²) in [7, 11) is 2.94. The fraction of sp³-hybridized carbons (Fsp3) is 0.200. The van der Waals surface area contributed by atoms with Crippen LogP contribution in [0.5, 0.6) is 23.0 Å². The summed E-state index contributed by atoms with van der Waals surface area (Å²) >= 11 is 0. The number of benzene rings is 3. The first-order valence-electron chi connectivity index (χ1n) is 12.6. The number of pyridine rings is 1. The number of phenols is 1. The fourth-order valence-corrected chi connectivity index (χ4v) is 4.69. The Bertz CT molecular complexity index is 1690. The SMILES string of the molecule is CCOC(=O)Oc1c2c(c(O)c3cc(Cc4ccc(F)cc4)cnc13)C(=O)N(Cc1ccc(OC)cc1OC)C2=O. The van der Waals surface area contributed by atoms with Crippen molar-refractivity contribution in [2.45, 2.75) is 19.9 Å². The van der Waals surface area contributed by atoms with E-state index in [4.69, 9.17) is 18.9 Å². The minimum absolute atomic E-state index is 0.00253. The van der Waals surface area contributed by atoms with Crippen molar-refractivity contribution in [1.82, 2.24) is 9.88 Å². The number of fused-ring (bicyclic) bond motifs is 2. The number of carbonyl (C=O) groups excluding carboxylic acids is 3. The predicted octanol–water partition coefficient (Wildman–Crippen LogP) is 5.02. The van der Waals surface area contributed by atoms with E-state index in [2.05, 4.69) is 4.98 Å². The molecule has 10 nitrogen and oxygen atoms in total. The molecule has 0 atom stereocenters. The number of phenolic OH excluding ortho intramolecular Hbond substituents is 1. The zero-order chi connectivity index (χ0) is 29.3. The molecule has 0 saturated carbocycles. The smallest absolute Gasteiger partial charge is 0.506 e. The summed E-state index contributed by atoms with van der Waals surface area (Å²) in [5.74, 6) is -1.85. The Hall–Kier alpha value is -5.19. The van der Waals surface area contributed by atoms with Crippen LogP contribution in [0.4, 0.5) is 9.18 Å². The van der Waals surface area contributed by atoms with Gasteiger partial charge in [0.1, 0.15) is 34.1 Å². The molecule has 0 radical (unpaired) electrons. The van der Waals surface area contributed by atoms with E-state index in [1.54, 1.807) is 43.3 Å². The molecule has 1 aliphatic rings. The van der Waals surface area contributed by atoms with Crippen LogP contribution < -0.4 is 14.2 Å². The Morgan fingerprint density at radius 3 is 2.39 bits per heavy atom. The lowest BCUT2D eigenvalue weighted by Gasteiger charge is -2.17. The van der Waals surface area contributed by atoms with Gasteiger partial charge in [0.25, 0.3) is 11.8 Å². The Labute approximate surface area is 233 Å². The third-order valence-corrected chi connectivity index (χ3v) is 6.64. The molecule has 0 unspecified atom stereocenters. The molecule has 2 heterocycles. The topological polar surface area (TPSA) is 124 Å². The molecular formula is C30H25FN2O8. The third kappa shape index (κ3) is 5.09. The average Bonchev–Trinajstić information content (AvgIpc) is 3.22. The van der Waals surface area contributed by atoms with E-state index >= 15 is 0 Å². The molecule has 0 fully saturated rings. The number of methoxy groups -OCH3 is 2. The standard InChI is InChI=1S/C30H25FN2O8/c1-4-40-30(37)41-27-24-23(28(35)33(29(24)36)15-18-7-10-20(38-2)13-22(18)39-3)26(34)21-12-17(14-32-25(21)27)11-16-5-8-19(31)9-6-16/h5-10,12-14,34H,4,11,15H2,1-3H3. The summed E-state index contributed by atoms with van der Waals surface area (Å²) in [5, 5.41) is 11.4. The van der Waals surface area contributed by atoms with Crippen LogP contribution in [0.2, 0.25) is 0 Å². The van der Waals surface area contributed by atoms with Crippen LogP contribution in [0.25, 0.3) is 10.9 Å². The summed E-state index contributed by atoms with van der Waals surface area (Å²) in [6.07, 6.45) is 0.718. The van der Waals surface area contributed by atoms with E-state index in [1.165, 1.54) is 32.5 Å². The second kappa shape index (κ2) is 11.1. The first kappa shape index (κ1) is 27.4. The van der Waals surface area contributed by atoms with Crippen LogP contribution in [0, 0.1) is 5.82 Å². The van der Waals surface area contributed by atoms with Crippen molar-refractivity contribution in [2.24, 2.45) is 0 Å². The second-order valence-electron chi connectivity index (χ2n) is 9.13. The van der Waals surface area contributed by atoms with Gasteiger partial charge in [0.15, 0.2) is 5.75 Å². The van der Waals surface area contributed by atoms with E-state index in [0.717, 1.165) is 10.5 Å². The van der Waals surface area contributed by atoms with Crippen LogP contribution in [0.1, 0.15) is 44.3 Å². The van der Waals surface area contributed by atoms with Gasteiger partial charge in [-0.05, 0) is 54.8 Å². The number of amides is 2. The molecule has 1 aliphatic heterocycles. The number of carbonyl (C=O) groups is 3. The van der Waals surface area contributed by atoms with Gasteiger partial charge in [-0.3, -0.25) is 19.5 Å². The van der Waals surface area contributed by atoms with Gasteiger partial charge in [0.2, 0.25) is 0 Å². The van der Waals surface area contributed by atoms with Crippen LogP contribution >= 0.6 is 0 Å². The molecular weight excluding hydrogens is 535 g/mol. The van der Waals surface area contributed by atoms with Crippen LogP contribution in [0.3, 0.4) is 0 Å². The molecule has 3 aromatic carbocycles. The van der Waals surface area contributed by atoms with Gasteiger partial charge >= 0.3 is 6.16 Å². The van der Waals surface area contributed by atoms with Crippen molar-refractivity contribution in [3.63, 3.8) is 0 Å². The number of hydrogen-bond acceptors (Lipinski definition) is 9. The number of halogens is 1. The predicted molar refractivity (Wildman–Crippen MR) is 144 cm³/mol. The Balaban J connectivity index is 1.61. The largest absolute Gasteiger partial charge is 0.513 e. The lowest BCUT2D eigenvalue weighted by atomic mass is 9.99. The van der Waals surface area contributed by atoms with E-state index < -0.39 is 23.7 Å². The van der Waals surface area contributed by atoms with Crippen molar-refractivity contribution < 1.29 is 42.8 Å². The van der Waals surface area contributed by atoms with Gasteiger partial charge in [0, 0.05) is 23.2 Å². The van der Waals surface area contributed by atoms with E-state index in [9.17, 15) is 23.9 Å². The molecule has 4 aromatic rings. The normalized spacial score (nSPS) is 12.4. The zero-order valence-electron chi connectivity index (χ0n) is 22.4. The number of rotatable bonds is 8. The lowest BCUT2D eigenvalue weighted by Crippen LogP contribution is -2.29. The van der Waals surface area contributed by atoms with Gasteiger partial charge in [-0.2, -0.15) is 0 Å². The summed E-state index contributed by atoms with van der Waals surface area (Å²) in [6.45, 7) is 1.39. The number of imide groups is 1. The molecule has 0 spiro atoms. The van der Waals surface area contributed by atoms with Crippen molar-refractivity contribution in [2.75, 3.05) is 20.8 Å². The molecule has 0 bridgehead atoms. The van der Waals surface area contributed by atoms with Crippen molar-refractivity contribution in [3.8, 4) is 23.0 Å². The maximum atomic E-state index is 13.7. The highest BCUT2D eigenvalue weighted by Gasteiger charge is 2.43. The molecule has 5 rings (SSSR count). The highest BCUT2D eigenvalue weighted by Crippen LogP contribution is 2.45. The summed E-state index contributed by atoms with van der Waals surface area (Å²) in [5.41, 5.74) is 1.26. The molecule has 11 heteroatoms. The van der Waals surface area contributed by atoms with Gasteiger partial charge < -0.3 is 24.1 Å². The van der Waals surface area contributed by atoms with Gasteiger partial charge in [-0.1, -0.05) is 12.1 Å². The Kier molecular flexibility index (Phi) is 7.43. The minimum Gasteiger partial charge on any atom is -0.506 e. The van der Waals surface area contributed by atoms with Crippen LogP contribution in [-0.4, -0.2) is 53.8 Å². The van der Waals surface area contributed by atoms with Gasteiger partial charge in [-0.15, -0.1) is 0 Å². The molecule has 2 amide bonds. The molecule has 0 saturated heterocycles. The van der Waals surface area contributed by atoms with Crippen molar-refractivity contribution in [3.05, 3.63) is 88.4 Å². The van der Waals surface area contributed by atoms with Crippen molar-refractivity contribution >= 4 is 28.9 Å². The molecule has 1 N–H and O–H groups in total. The highest BCUT2D eigenvalue weighted by molar-refractivity contribution is 6.27. The molecule has 210 valence electrons. The monoisotopic (exact) mass is 560 g/mol. The molecule has 1 aromatic heterocycles. The number of hydrogen-bond donors (Lipinski definition) is 1. The van der Waals surface area contributed by atoms with Crippen LogP contribution in [0.15, 0.2) is 54.7 Å². The lowest BCUT2D eigenvalue weighted by molar-refractivity contribution is 0.0640. The first-order valence-corrected chi connectivity index (χ1v) is 12.6. The van der Waals surface area contributed by atoms with E-state index in [-0.39, 0.29) is 46.7 Å². The third-order valence-electron chi connectivity index (χ3n) is 6.64. The second-order valence-corrected chi connectivity index (χ2v) is 9.13. The quantitative estimate of drug-likeness (QED) is 0.180. The van der Waals surface area contributed by atoms with Crippen LogP contribution in [-0.2, 0) is 17.7 Å².